The van der Waals surface area contributed by atoms with Crippen LogP contribution < -0.4 is 11.1 Å². The molecule has 1 saturated heterocycles. The lowest BCUT2D eigenvalue weighted by Crippen LogP contribution is -2.44. The van der Waals surface area contributed by atoms with E-state index >= 15 is 0 Å². The zero-order valence-electron chi connectivity index (χ0n) is 16.1. The van der Waals surface area contributed by atoms with Crippen LogP contribution in [-0.4, -0.2) is 42.9 Å². The van der Waals surface area contributed by atoms with Crippen LogP contribution in [0.4, 0.5) is 0 Å². The second-order valence-corrected chi connectivity index (χ2v) is 8.88. The van der Waals surface area contributed by atoms with Gasteiger partial charge in [-0.25, -0.2) is 0 Å². The molecule has 3 N–H and O–H groups in total. The van der Waals surface area contributed by atoms with Crippen molar-refractivity contribution >= 4 is 11.8 Å². The van der Waals surface area contributed by atoms with E-state index in [1.807, 2.05) is 12.1 Å². The van der Waals surface area contributed by atoms with Gasteiger partial charge in [0, 0.05) is 24.1 Å². The highest BCUT2D eigenvalue weighted by Crippen LogP contribution is 2.49. The summed E-state index contributed by atoms with van der Waals surface area (Å²) in [5, 5.41) is 2.95. The van der Waals surface area contributed by atoms with Gasteiger partial charge in [-0.1, -0.05) is 25.0 Å². The van der Waals surface area contributed by atoms with Crippen LogP contribution in [0.3, 0.4) is 0 Å². The summed E-state index contributed by atoms with van der Waals surface area (Å²) in [7, 11) is 0. The van der Waals surface area contributed by atoms with Gasteiger partial charge in [0.2, 0.25) is 5.91 Å². The lowest BCUT2D eigenvalue weighted by atomic mass is 9.85. The Morgan fingerprint density at radius 1 is 0.963 bits per heavy atom. The number of benzene rings is 1. The van der Waals surface area contributed by atoms with Crippen LogP contribution in [0, 0.1) is 5.41 Å². The van der Waals surface area contributed by atoms with Gasteiger partial charge >= 0.3 is 0 Å². The van der Waals surface area contributed by atoms with Gasteiger partial charge in [0.25, 0.3) is 5.91 Å². The molecule has 1 heterocycles. The number of carbonyl (C=O) groups is 2. The van der Waals surface area contributed by atoms with E-state index in [2.05, 4.69) is 22.3 Å². The fraction of sp³-hybridized carbons (Fsp3) is 0.636. The van der Waals surface area contributed by atoms with Crippen molar-refractivity contribution in [2.45, 2.75) is 56.8 Å². The van der Waals surface area contributed by atoms with E-state index < -0.39 is 5.41 Å². The Bertz CT molecular complexity index is 697. The molecule has 4 rings (SSSR count). The van der Waals surface area contributed by atoms with Crippen molar-refractivity contribution in [2.75, 3.05) is 26.2 Å². The number of rotatable bonds is 7. The van der Waals surface area contributed by atoms with E-state index in [1.165, 1.54) is 44.3 Å². The number of hydrogen-bond donors (Lipinski definition) is 2. The van der Waals surface area contributed by atoms with E-state index in [0.29, 0.717) is 17.5 Å². The van der Waals surface area contributed by atoms with Crippen molar-refractivity contribution in [3.8, 4) is 0 Å². The van der Waals surface area contributed by atoms with E-state index in [9.17, 15) is 9.59 Å². The van der Waals surface area contributed by atoms with Crippen molar-refractivity contribution in [1.29, 1.82) is 0 Å². The fourth-order valence-electron chi connectivity index (χ4n) is 4.95. The Balaban J connectivity index is 1.37. The predicted octanol–water partition coefficient (Wildman–Crippen LogP) is 2.59. The molecule has 2 saturated carbocycles. The summed E-state index contributed by atoms with van der Waals surface area (Å²) < 4.78 is 0. The number of nitrogens with one attached hydrogen (secondary N) is 1. The van der Waals surface area contributed by atoms with Crippen LogP contribution in [0.5, 0.6) is 0 Å². The Morgan fingerprint density at radius 3 is 2.15 bits per heavy atom. The lowest BCUT2D eigenvalue weighted by Gasteiger charge is -2.25. The SMILES string of the molecule is NC(=O)C1(CNC(=O)c2ccc(C3(CN4CCCC4)CC3)cc2)CCCC1. The Kier molecular flexibility index (Phi) is 4.97. The highest BCUT2D eigenvalue weighted by Gasteiger charge is 2.45. The first kappa shape index (κ1) is 18.5. The summed E-state index contributed by atoms with van der Waals surface area (Å²) in [6.45, 7) is 3.95. The van der Waals surface area contributed by atoms with E-state index in [4.69, 9.17) is 5.73 Å². The normalized spacial score (nSPS) is 23.3. The van der Waals surface area contributed by atoms with Crippen LogP contribution in [0.1, 0.15) is 67.3 Å². The third-order valence-corrected chi connectivity index (χ3v) is 7.01. The molecule has 3 aliphatic rings. The Morgan fingerprint density at radius 2 is 1.59 bits per heavy atom. The summed E-state index contributed by atoms with van der Waals surface area (Å²) in [4.78, 5) is 27.0. The summed E-state index contributed by atoms with van der Waals surface area (Å²) in [6.07, 6.45) is 8.71. The molecular formula is C22H31N3O2. The molecule has 3 fully saturated rings. The third-order valence-electron chi connectivity index (χ3n) is 7.01. The summed E-state index contributed by atoms with van der Waals surface area (Å²) in [6, 6.07) is 8.11. The van der Waals surface area contributed by atoms with Crippen molar-refractivity contribution in [1.82, 2.24) is 10.2 Å². The summed E-state index contributed by atoms with van der Waals surface area (Å²) in [5.74, 6) is -0.397. The smallest absolute Gasteiger partial charge is 0.251 e. The molecule has 1 aliphatic heterocycles. The number of primary amides is 1. The van der Waals surface area contributed by atoms with Gasteiger partial charge in [0.05, 0.1) is 5.41 Å². The van der Waals surface area contributed by atoms with Crippen LogP contribution in [0.15, 0.2) is 24.3 Å². The highest BCUT2D eigenvalue weighted by atomic mass is 16.2. The predicted molar refractivity (Wildman–Crippen MR) is 105 cm³/mol. The number of hydrogen-bond acceptors (Lipinski definition) is 3. The average Bonchev–Trinajstić information content (AvgIpc) is 3.08. The number of carbonyl (C=O) groups excluding carboxylic acids is 2. The van der Waals surface area contributed by atoms with Gasteiger partial charge < -0.3 is 16.0 Å². The van der Waals surface area contributed by atoms with Crippen molar-refractivity contribution in [3.05, 3.63) is 35.4 Å². The molecule has 27 heavy (non-hydrogen) atoms. The van der Waals surface area contributed by atoms with Gasteiger partial charge in [0.1, 0.15) is 0 Å². The maximum atomic E-state index is 12.6. The molecule has 0 unspecified atom stereocenters. The van der Waals surface area contributed by atoms with E-state index in [1.54, 1.807) is 0 Å². The van der Waals surface area contributed by atoms with Crippen LogP contribution in [-0.2, 0) is 10.2 Å². The third kappa shape index (κ3) is 3.75. The van der Waals surface area contributed by atoms with Crippen molar-refractivity contribution in [2.24, 2.45) is 11.1 Å². The molecule has 0 bridgehead atoms. The first-order valence-electron chi connectivity index (χ1n) is 10.4. The minimum Gasteiger partial charge on any atom is -0.369 e. The van der Waals surface area contributed by atoms with Crippen LogP contribution >= 0.6 is 0 Å². The monoisotopic (exact) mass is 369 g/mol. The molecule has 0 atom stereocenters. The quantitative estimate of drug-likeness (QED) is 0.776. The van der Waals surface area contributed by atoms with Gasteiger partial charge in [-0.05, 0) is 69.3 Å². The van der Waals surface area contributed by atoms with Gasteiger partial charge in [-0.2, -0.15) is 0 Å². The van der Waals surface area contributed by atoms with Crippen molar-refractivity contribution in [3.63, 3.8) is 0 Å². The number of amides is 2. The maximum absolute atomic E-state index is 12.6. The average molecular weight is 370 g/mol. The molecular weight excluding hydrogens is 338 g/mol. The molecule has 5 nitrogen and oxygen atoms in total. The molecule has 5 heteroatoms. The van der Waals surface area contributed by atoms with E-state index in [-0.39, 0.29) is 11.8 Å². The minimum absolute atomic E-state index is 0.113. The topological polar surface area (TPSA) is 75.4 Å². The Labute approximate surface area is 161 Å². The largest absolute Gasteiger partial charge is 0.369 e. The summed E-state index contributed by atoms with van der Waals surface area (Å²) in [5.41, 5.74) is 7.38. The minimum atomic E-state index is -0.552. The molecule has 1 aromatic carbocycles. The molecule has 0 aromatic heterocycles. The van der Waals surface area contributed by atoms with Gasteiger partial charge in [-0.15, -0.1) is 0 Å². The number of nitrogens with two attached hydrogens (primary N) is 1. The maximum Gasteiger partial charge on any atom is 0.251 e. The molecule has 2 amide bonds. The molecule has 2 aliphatic carbocycles. The second-order valence-electron chi connectivity index (χ2n) is 8.88. The van der Waals surface area contributed by atoms with Gasteiger partial charge in [0.15, 0.2) is 0 Å². The first-order chi connectivity index (χ1) is 13.0. The first-order valence-corrected chi connectivity index (χ1v) is 10.4. The zero-order valence-corrected chi connectivity index (χ0v) is 16.1. The molecule has 1 aromatic rings. The molecule has 0 spiro atoms. The van der Waals surface area contributed by atoms with Gasteiger partial charge in [-0.3, -0.25) is 9.59 Å². The molecule has 146 valence electrons. The highest BCUT2D eigenvalue weighted by molar-refractivity contribution is 5.94. The molecule has 0 radical (unpaired) electrons. The van der Waals surface area contributed by atoms with Crippen LogP contribution in [0.2, 0.25) is 0 Å². The number of nitrogens with zero attached hydrogens (tertiary/aromatic N) is 1. The van der Waals surface area contributed by atoms with Crippen molar-refractivity contribution < 1.29 is 9.59 Å². The Hall–Kier alpha value is -1.88. The second kappa shape index (κ2) is 7.27. The zero-order chi connectivity index (χ0) is 18.9. The van der Waals surface area contributed by atoms with Crippen LogP contribution in [0.25, 0.3) is 0 Å². The fourth-order valence-corrected chi connectivity index (χ4v) is 4.95. The van der Waals surface area contributed by atoms with E-state index in [0.717, 1.165) is 32.2 Å². The standard InChI is InChI=1S/C22H31N3O2/c23-20(27)21(9-1-2-10-21)15-24-19(26)17-5-7-18(8-6-17)22(11-12-22)16-25-13-3-4-14-25/h5-8H,1-4,9-16H2,(H2,23,27)(H,24,26). The summed E-state index contributed by atoms with van der Waals surface area (Å²) >= 11 is 0. The number of likely N-dealkylation sites (tertiary alicyclic amines) is 1. The lowest BCUT2D eigenvalue weighted by molar-refractivity contribution is -0.127.